The van der Waals surface area contributed by atoms with E-state index in [9.17, 15) is 0 Å². The number of rotatable bonds is 4. The van der Waals surface area contributed by atoms with Crippen LogP contribution in [0.15, 0.2) is 36.9 Å². The fourth-order valence-electron chi connectivity index (χ4n) is 1.03. The van der Waals surface area contributed by atoms with Crippen molar-refractivity contribution in [2.75, 3.05) is 7.11 Å². The van der Waals surface area contributed by atoms with Crippen LogP contribution in [0.25, 0.3) is 0 Å². The molecule has 76 valence electrons. The molecular weight excluding hydrogens is 176 g/mol. The van der Waals surface area contributed by atoms with E-state index in [1.807, 2.05) is 38.1 Å². The van der Waals surface area contributed by atoms with Crippen molar-refractivity contribution in [1.82, 2.24) is 0 Å². The number of methoxy groups -OCH3 is 1. The summed E-state index contributed by atoms with van der Waals surface area (Å²) in [4.78, 5) is 0. The minimum Gasteiger partial charge on any atom is -0.493 e. The van der Waals surface area contributed by atoms with Gasteiger partial charge in [-0.15, -0.1) is 0 Å². The van der Waals surface area contributed by atoms with Gasteiger partial charge in [0.15, 0.2) is 11.5 Å². The zero-order chi connectivity index (χ0) is 10.6. The highest BCUT2D eigenvalue weighted by Crippen LogP contribution is 2.29. The molecule has 1 aromatic rings. The van der Waals surface area contributed by atoms with E-state index < -0.39 is 0 Å². The topological polar surface area (TPSA) is 18.5 Å². The number of hydrogen-bond acceptors (Lipinski definition) is 2. The predicted molar refractivity (Wildman–Crippen MR) is 57.9 cm³/mol. The van der Waals surface area contributed by atoms with Gasteiger partial charge in [0.05, 0.1) is 7.11 Å². The van der Waals surface area contributed by atoms with Crippen LogP contribution >= 0.6 is 0 Å². The molecule has 0 bridgehead atoms. The first-order chi connectivity index (χ1) is 6.59. The zero-order valence-corrected chi connectivity index (χ0v) is 8.91. The molecule has 0 saturated heterocycles. The molecule has 0 aliphatic carbocycles. The summed E-state index contributed by atoms with van der Waals surface area (Å²) in [6.07, 6.45) is 1.76. The van der Waals surface area contributed by atoms with Crippen molar-refractivity contribution in [1.29, 1.82) is 0 Å². The number of ether oxygens (including phenoxy) is 2. The Morgan fingerprint density at radius 1 is 1.21 bits per heavy atom. The Balaban J connectivity index is 2.90. The highest BCUT2D eigenvalue weighted by atomic mass is 16.5. The fourth-order valence-corrected chi connectivity index (χ4v) is 1.03. The van der Waals surface area contributed by atoms with Gasteiger partial charge in [-0.3, -0.25) is 0 Å². The van der Waals surface area contributed by atoms with Crippen molar-refractivity contribution in [2.24, 2.45) is 0 Å². The Morgan fingerprint density at radius 3 is 2.29 bits per heavy atom. The average Bonchev–Trinajstić information content (AvgIpc) is 2.18. The van der Waals surface area contributed by atoms with Crippen molar-refractivity contribution < 1.29 is 9.47 Å². The normalized spacial score (nSPS) is 10.8. The minimum absolute atomic E-state index is 0.380. The van der Waals surface area contributed by atoms with Crippen LogP contribution in [0.3, 0.4) is 0 Å². The highest BCUT2D eigenvalue weighted by Gasteiger charge is 2.16. The number of benzene rings is 1. The van der Waals surface area contributed by atoms with Crippen LogP contribution in [0.4, 0.5) is 0 Å². The van der Waals surface area contributed by atoms with E-state index in [4.69, 9.17) is 9.47 Å². The maximum absolute atomic E-state index is 5.73. The van der Waals surface area contributed by atoms with Crippen molar-refractivity contribution in [2.45, 2.75) is 19.4 Å². The molecule has 0 aliphatic heterocycles. The second kappa shape index (κ2) is 4.18. The first kappa shape index (κ1) is 10.6. The highest BCUT2D eigenvalue weighted by molar-refractivity contribution is 5.40. The number of hydrogen-bond donors (Lipinski definition) is 0. The summed E-state index contributed by atoms with van der Waals surface area (Å²) in [5.41, 5.74) is -0.380. The van der Waals surface area contributed by atoms with Gasteiger partial charge in [0.1, 0.15) is 5.60 Å². The third-order valence-corrected chi connectivity index (χ3v) is 1.93. The summed E-state index contributed by atoms with van der Waals surface area (Å²) in [7, 11) is 1.63. The van der Waals surface area contributed by atoms with Crippen molar-refractivity contribution in [3.05, 3.63) is 36.9 Å². The minimum atomic E-state index is -0.380. The first-order valence-electron chi connectivity index (χ1n) is 4.54. The van der Waals surface area contributed by atoms with Crippen LogP contribution in [-0.4, -0.2) is 12.7 Å². The van der Waals surface area contributed by atoms with Crippen LogP contribution in [0.2, 0.25) is 0 Å². The number of para-hydroxylation sites is 2. The van der Waals surface area contributed by atoms with Gasteiger partial charge in [0.25, 0.3) is 0 Å². The lowest BCUT2D eigenvalue weighted by Crippen LogP contribution is -2.24. The summed E-state index contributed by atoms with van der Waals surface area (Å²) >= 11 is 0. The van der Waals surface area contributed by atoms with Crippen LogP contribution in [-0.2, 0) is 0 Å². The Labute approximate surface area is 85.2 Å². The molecule has 2 heteroatoms. The molecule has 0 radical (unpaired) electrons. The van der Waals surface area contributed by atoms with E-state index in [0.717, 1.165) is 11.5 Å². The summed E-state index contributed by atoms with van der Waals surface area (Å²) in [6, 6.07) is 7.57. The Bertz CT molecular complexity index is 316. The Kier molecular flexibility index (Phi) is 3.18. The lowest BCUT2D eigenvalue weighted by molar-refractivity contribution is 0.156. The lowest BCUT2D eigenvalue weighted by Gasteiger charge is -2.23. The molecule has 0 fully saturated rings. The van der Waals surface area contributed by atoms with Gasteiger partial charge in [0.2, 0.25) is 0 Å². The zero-order valence-electron chi connectivity index (χ0n) is 8.91. The van der Waals surface area contributed by atoms with Crippen molar-refractivity contribution in [3.8, 4) is 11.5 Å². The van der Waals surface area contributed by atoms with Gasteiger partial charge in [0, 0.05) is 0 Å². The van der Waals surface area contributed by atoms with E-state index in [1.54, 1.807) is 13.2 Å². The first-order valence-corrected chi connectivity index (χ1v) is 4.54. The van der Waals surface area contributed by atoms with Gasteiger partial charge in [-0.25, -0.2) is 0 Å². The lowest BCUT2D eigenvalue weighted by atomic mass is 10.1. The molecule has 0 N–H and O–H groups in total. The van der Waals surface area contributed by atoms with Crippen LogP contribution in [0.5, 0.6) is 11.5 Å². The summed E-state index contributed by atoms with van der Waals surface area (Å²) < 4.78 is 10.9. The standard InChI is InChI=1S/C12H16O2/c1-5-12(2,3)14-11-9-7-6-8-10(11)13-4/h5-9H,1H2,2-4H3. The third kappa shape index (κ3) is 2.52. The molecule has 1 rings (SSSR count). The SMILES string of the molecule is C=CC(C)(C)Oc1ccccc1OC. The smallest absolute Gasteiger partial charge is 0.162 e. The summed E-state index contributed by atoms with van der Waals surface area (Å²) in [5.74, 6) is 1.47. The van der Waals surface area contributed by atoms with Crippen LogP contribution < -0.4 is 9.47 Å². The van der Waals surface area contributed by atoms with E-state index >= 15 is 0 Å². The van der Waals surface area contributed by atoms with Crippen molar-refractivity contribution >= 4 is 0 Å². The molecule has 0 aliphatic rings. The molecule has 0 spiro atoms. The van der Waals surface area contributed by atoms with E-state index in [1.165, 1.54) is 0 Å². The fraction of sp³-hybridized carbons (Fsp3) is 0.333. The Hall–Kier alpha value is -1.44. The van der Waals surface area contributed by atoms with Crippen molar-refractivity contribution in [3.63, 3.8) is 0 Å². The van der Waals surface area contributed by atoms with Gasteiger partial charge in [-0.05, 0) is 32.1 Å². The molecule has 0 amide bonds. The molecular formula is C12H16O2. The molecule has 0 heterocycles. The molecule has 14 heavy (non-hydrogen) atoms. The van der Waals surface area contributed by atoms with Crippen LogP contribution in [0, 0.1) is 0 Å². The van der Waals surface area contributed by atoms with Gasteiger partial charge in [-0.2, -0.15) is 0 Å². The van der Waals surface area contributed by atoms with E-state index in [-0.39, 0.29) is 5.60 Å². The quantitative estimate of drug-likeness (QED) is 0.683. The van der Waals surface area contributed by atoms with Gasteiger partial charge < -0.3 is 9.47 Å². The molecule has 2 nitrogen and oxygen atoms in total. The second-order valence-electron chi connectivity index (χ2n) is 3.56. The largest absolute Gasteiger partial charge is 0.493 e. The van der Waals surface area contributed by atoms with E-state index in [0.29, 0.717) is 0 Å². The van der Waals surface area contributed by atoms with Gasteiger partial charge in [-0.1, -0.05) is 18.7 Å². The third-order valence-electron chi connectivity index (χ3n) is 1.93. The molecule has 0 unspecified atom stereocenters. The second-order valence-corrected chi connectivity index (χ2v) is 3.56. The maximum Gasteiger partial charge on any atom is 0.162 e. The maximum atomic E-state index is 5.73. The molecule has 0 aromatic heterocycles. The molecule has 0 atom stereocenters. The predicted octanol–water partition coefficient (Wildman–Crippen LogP) is 3.04. The molecule has 0 saturated carbocycles. The monoisotopic (exact) mass is 192 g/mol. The van der Waals surface area contributed by atoms with E-state index in [2.05, 4.69) is 6.58 Å². The summed E-state index contributed by atoms with van der Waals surface area (Å²) in [5, 5.41) is 0. The average molecular weight is 192 g/mol. The van der Waals surface area contributed by atoms with Crippen LogP contribution in [0.1, 0.15) is 13.8 Å². The Morgan fingerprint density at radius 2 is 1.79 bits per heavy atom. The molecule has 1 aromatic carbocycles. The summed E-state index contributed by atoms with van der Waals surface area (Å²) in [6.45, 7) is 7.62. The van der Waals surface area contributed by atoms with Gasteiger partial charge >= 0.3 is 0 Å².